The molecule has 1 N–H and O–H groups in total. The number of rotatable bonds is 6. The summed E-state index contributed by atoms with van der Waals surface area (Å²) in [6.07, 6.45) is 1.94. The van der Waals surface area contributed by atoms with Gasteiger partial charge in [0.05, 0.1) is 17.6 Å². The summed E-state index contributed by atoms with van der Waals surface area (Å²) in [6, 6.07) is 7.81. The van der Waals surface area contributed by atoms with Crippen molar-refractivity contribution in [1.82, 2.24) is 9.97 Å². The minimum atomic E-state index is -0.252. The Morgan fingerprint density at radius 3 is 3.00 bits per heavy atom. The fourth-order valence-corrected chi connectivity index (χ4v) is 2.45. The molecule has 4 nitrogen and oxygen atoms in total. The Bertz CT molecular complexity index is 520. The van der Waals surface area contributed by atoms with Crippen molar-refractivity contribution < 1.29 is 9.53 Å². The predicted octanol–water partition coefficient (Wildman–Crippen LogP) is 3.39. The molecule has 1 unspecified atom stereocenters. The highest BCUT2D eigenvalue weighted by Gasteiger charge is 2.17. The Kier molecular flexibility index (Phi) is 4.85. The Morgan fingerprint density at radius 2 is 2.26 bits per heavy atom. The van der Waals surface area contributed by atoms with Crippen molar-refractivity contribution in [2.45, 2.75) is 37.1 Å². The molecule has 102 valence electrons. The highest BCUT2D eigenvalue weighted by atomic mass is 32.2. The van der Waals surface area contributed by atoms with Gasteiger partial charge in [-0.15, -0.1) is 0 Å². The zero-order valence-corrected chi connectivity index (χ0v) is 12.0. The van der Waals surface area contributed by atoms with E-state index in [0.29, 0.717) is 6.61 Å². The number of thioether (sulfide) groups is 1. The standard InChI is InChI=1S/C14H18N2O2S/c1-3-4-9-18-13(17)10(2)19-14-15-11-7-5-6-8-12(11)16-14/h5-8,10H,3-4,9H2,1-2H3,(H,15,16). The minimum absolute atomic E-state index is 0.182. The van der Waals surface area contributed by atoms with Gasteiger partial charge in [-0.1, -0.05) is 37.2 Å². The molecule has 1 aromatic heterocycles. The van der Waals surface area contributed by atoms with Gasteiger partial charge in [-0.2, -0.15) is 0 Å². The van der Waals surface area contributed by atoms with Crippen molar-refractivity contribution in [3.8, 4) is 0 Å². The third-order valence-corrected chi connectivity index (χ3v) is 3.69. The van der Waals surface area contributed by atoms with Crippen LogP contribution in [0.25, 0.3) is 11.0 Å². The van der Waals surface area contributed by atoms with E-state index in [1.54, 1.807) is 0 Å². The highest BCUT2D eigenvalue weighted by molar-refractivity contribution is 8.00. The molecule has 0 saturated heterocycles. The number of nitrogens with one attached hydrogen (secondary N) is 1. The van der Waals surface area contributed by atoms with Crippen molar-refractivity contribution >= 4 is 28.8 Å². The highest BCUT2D eigenvalue weighted by Crippen LogP contribution is 2.23. The van der Waals surface area contributed by atoms with E-state index in [9.17, 15) is 4.79 Å². The van der Waals surface area contributed by atoms with Crippen LogP contribution in [0.1, 0.15) is 26.7 Å². The van der Waals surface area contributed by atoms with Gasteiger partial charge >= 0.3 is 5.97 Å². The first-order chi connectivity index (χ1) is 9.20. The number of hydrogen-bond donors (Lipinski definition) is 1. The van der Waals surface area contributed by atoms with Gasteiger partial charge in [0.15, 0.2) is 5.16 Å². The maximum Gasteiger partial charge on any atom is 0.319 e. The monoisotopic (exact) mass is 278 g/mol. The Morgan fingerprint density at radius 1 is 1.47 bits per heavy atom. The van der Waals surface area contributed by atoms with Crippen molar-refractivity contribution in [2.75, 3.05) is 6.61 Å². The van der Waals surface area contributed by atoms with E-state index < -0.39 is 0 Å². The van der Waals surface area contributed by atoms with Crippen molar-refractivity contribution in [3.05, 3.63) is 24.3 Å². The van der Waals surface area contributed by atoms with Crippen molar-refractivity contribution in [1.29, 1.82) is 0 Å². The number of hydrogen-bond acceptors (Lipinski definition) is 4. The number of carbonyl (C=O) groups is 1. The molecule has 0 aliphatic heterocycles. The Hall–Kier alpha value is -1.49. The second-order valence-corrected chi connectivity index (χ2v) is 5.67. The zero-order valence-electron chi connectivity index (χ0n) is 11.2. The van der Waals surface area contributed by atoms with Crippen LogP contribution in [0.5, 0.6) is 0 Å². The first-order valence-corrected chi connectivity index (χ1v) is 7.36. The molecular formula is C14H18N2O2S. The fraction of sp³-hybridized carbons (Fsp3) is 0.429. The van der Waals surface area contributed by atoms with Crippen LogP contribution in [-0.2, 0) is 9.53 Å². The molecule has 1 heterocycles. The first kappa shape index (κ1) is 13.9. The summed E-state index contributed by atoms with van der Waals surface area (Å²) in [5.41, 5.74) is 1.90. The van der Waals surface area contributed by atoms with Gasteiger partial charge in [0.1, 0.15) is 5.25 Å². The molecular weight excluding hydrogens is 260 g/mol. The summed E-state index contributed by atoms with van der Waals surface area (Å²) < 4.78 is 5.19. The number of carbonyl (C=O) groups excluding carboxylic acids is 1. The lowest BCUT2D eigenvalue weighted by Gasteiger charge is -2.09. The molecule has 0 aliphatic carbocycles. The Balaban J connectivity index is 1.94. The van der Waals surface area contributed by atoms with Crippen LogP contribution < -0.4 is 0 Å². The number of para-hydroxylation sites is 2. The van der Waals surface area contributed by atoms with Gasteiger partial charge in [-0.3, -0.25) is 4.79 Å². The normalized spacial score (nSPS) is 12.5. The number of nitrogens with zero attached hydrogens (tertiary/aromatic N) is 1. The molecule has 0 spiro atoms. The van der Waals surface area contributed by atoms with Crippen LogP contribution in [0.4, 0.5) is 0 Å². The molecule has 0 saturated carbocycles. The quantitative estimate of drug-likeness (QED) is 0.500. The number of unbranched alkanes of at least 4 members (excludes halogenated alkanes) is 1. The number of imidazole rings is 1. The molecule has 2 aromatic rings. The van der Waals surface area contributed by atoms with E-state index >= 15 is 0 Å². The first-order valence-electron chi connectivity index (χ1n) is 6.48. The maximum atomic E-state index is 11.8. The van der Waals surface area contributed by atoms with E-state index in [1.807, 2.05) is 31.2 Å². The van der Waals surface area contributed by atoms with Gasteiger partial charge in [-0.25, -0.2) is 4.98 Å². The zero-order chi connectivity index (χ0) is 13.7. The second-order valence-electron chi connectivity index (χ2n) is 4.34. The molecule has 19 heavy (non-hydrogen) atoms. The number of aromatic amines is 1. The molecule has 0 bridgehead atoms. The largest absolute Gasteiger partial charge is 0.465 e. The number of ether oxygens (including phenoxy) is 1. The number of esters is 1. The maximum absolute atomic E-state index is 11.8. The third-order valence-electron chi connectivity index (χ3n) is 2.73. The molecule has 0 radical (unpaired) electrons. The average molecular weight is 278 g/mol. The summed E-state index contributed by atoms with van der Waals surface area (Å²) in [5, 5.41) is 0.499. The van der Waals surface area contributed by atoms with Crippen LogP contribution in [0.2, 0.25) is 0 Å². The number of fused-ring (bicyclic) bond motifs is 1. The molecule has 1 atom stereocenters. The number of H-pyrrole nitrogens is 1. The molecule has 0 amide bonds. The smallest absolute Gasteiger partial charge is 0.319 e. The average Bonchev–Trinajstić information content (AvgIpc) is 2.80. The van der Waals surface area contributed by atoms with E-state index in [2.05, 4.69) is 16.9 Å². The van der Waals surface area contributed by atoms with Gasteiger partial charge in [0.25, 0.3) is 0 Å². The van der Waals surface area contributed by atoms with Crippen molar-refractivity contribution in [2.24, 2.45) is 0 Å². The number of aromatic nitrogens is 2. The van der Waals surface area contributed by atoms with Crippen LogP contribution in [0.15, 0.2) is 29.4 Å². The fourth-order valence-electron chi connectivity index (χ4n) is 1.64. The topological polar surface area (TPSA) is 55.0 Å². The SMILES string of the molecule is CCCCOC(=O)C(C)Sc1nc2ccccc2[nH]1. The van der Waals surface area contributed by atoms with Gasteiger partial charge in [0, 0.05) is 0 Å². The predicted molar refractivity (Wildman–Crippen MR) is 77.3 cm³/mol. The van der Waals surface area contributed by atoms with Gasteiger partial charge < -0.3 is 9.72 Å². The van der Waals surface area contributed by atoms with E-state index in [-0.39, 0.29) is 11.2 Å². The molecule has 0 fully saturated rings. The van der Waals surface area contributed by atoms with Gasteiger partial charge in [-0.05, 0) is 25.5 Å². The molecule has 5 heteroatoms. The van der Waals surface area contributed by atoms with Crippen LogP contribution in [0.3, 0.4) is 0 Å². The van der Waals surface area contributed by atoms with Crippen molar-refractivity contribution in [3.63, 3.8) is 0 Å². The summed E-state index contributed by atoms with van der Waals surface area (Å²) in [5.74, 6) is -0.182. The lowest BCUT2D eigenvalue weighted by molar-refractivity contribution is -0.142. The number of benzene rings is 1. The molecule has 0 aliphatic rings. The molecule has 2 rings (SSSR count). The van der Waals surface area contributed by atoms with Gasteiger partial charge in [0.2, 0.25) is 0 Å². The van der Waals surface area contributed by atoms with Crippen LogP contribution in [-0.4, -0.2) is 27.8 Å². The van der Waals surface area contributed by atoms with Crippen LogP contribution >= 0.6 is 11.8 Å². The lowest BCUT2D eigenvalue weighted by atomic mass is 10.3. The summed E-state index contributed by atoms with van der Waals surface area (Å²) in [4.78, 5) is 19.4. The lowest BCUT2D eigenvalue weighted by Crippen LogP contribution is -2.17. The second kappa shape index (κ2) is 6.61. The molecule has 1 aromatic carbocycles. The van der Waals surface area contributed by atoms with Crippen LogP contribution in [0, 0.1) is 0 Å². The summed E-state index contributed by atoms with van der Waals surface area (Å²) in [6.45, 7) is 4.41. The van der Waals surface area contributed by atoms with E-state index in [4.69, 9.17) is 4.74 Å². The third kappa shape index (κ3) is 3.73. The van der Waals surface area contributed by atoms with E-state index in [0.717, 1.165) is 29.0 Å². The minimum Gasteiger partial charge on any atom is -0.465 e. The summed E-state index contributed by atoms with van der Waals surface area (Å²) in [7, 11) is 0. The van der Waals surface area contributed by atoms with E-state index in [1.165, 1.54) is 11.8 Å². The summed E-state index contributed by atoms with van der Waals surface area (Å²) >= 11 is 1.39. The Labute approximate surface area is 116 Å².